The summed E-state index contributed by atoms with van der Waals surface area (Å²) in [6.07, 6.45) is 9.17. The van der Waals surface area contributed by atoms with Crippen molar-refractivity contribution in [2.45, 2.75) is 19.3 Å². The Morgan fingerprint density at radius 1 is 1.19 bits per heavy atom. The summed E-state index contributed by atoms with van der Waals surface area (Å²) in [7, 11) is 3.40. The molecular weight excluding hydrogens is 394 g/mol. The second kappa shape index (κ2) is 7.42. The van der Waals surface area contributed by atoms with E-state index in [1.165, 1.54) is 6.20 Å². The van der Waals surface area contributed by atoms with Crippen molar-refractivity contribution in [2.75, 3.05) is 12.4 Å². The van der Waals surface area contributed by atoms with Crippen molar-refractivity contribution in [3.8, 4) is 11.4 Å². The van der Waals surface area contributed by atoms with Gasteiger partial charge >= 0.3 is 0 Å². The van der Waals surface area contributed by atoms with Gasteiger partial charge in [0.25, 0.3) is 5.91 Å². The molecule has 0 aliphatic heterocycles. The van der Waals surface area contributed by atoms with Crippen LogP contribution in [0, 0.1) is 5.92 Å². The molecule has 0 spiro atoms. The van der Waals surface area contributed by atoms with E-state index in [9.17, 15) is 9.59 Å². The summed E-state index contributed by atoms with van der Waals surface area (Å²) in [4.78, 5) is 38.0. The average molecular weight is 415 g/mol. The Balaban J connectivity index is 1.52. The fourth-order valence-corrected chi connectivity index (χ4v) is 3.70. The van der Waals surface area contributed by atoms with Crippen LogP contribution in [0.15, 0.2) is 30.9 Å². The van der Waals surface area contributed by atoms with E-state index >= 15 is 0 Å². The highest BCUT2D eigenvalue weighted by Gasteiger charge is 2.32. The number of amides is 2. The van der Waals surface area contributed by atoms with Gasteiger partial charge in [-0.2, -0.15) is 5.10 Å². The van der Waals surface area contributed by atoms with Gasteiger partial charge in [0.05, 0.1) is 11.3 Å². The number of rotatable bonds is 5. The lowest BCUT2D eigenvalue weighted by atomic mass is 10.0. The van der Waals surface area contributed by atoms with Crippen LogP contribution in [0.5, 0.6) is 0 Å². The first-order chi connectivity index (χ1) is 15.0. The van der Waals surface area contributed by atoms with E-state index in [0.717, 1.165) is 40.8 Å². The maximum absolute atomic E-state index is 12.4. The SMILES string of the molecule is CNC(=O)c1cnc(NC(=O)C2CC2)c2c1C=C(c1cc(-c3ncn(C)n3)ccn1)C2. The highest BCUT2D eigenvalue weighted by Crippen LogP contribution is 2.38. The Bertz CT molecular complexity index is 1240. The number of nitrogens with one attached hydrogen (secondary N) is 2. The van der Waals surface area contributed by atoms with Crippen LogP contribution in [-0.2, 0) is 18.3 Å². The molecule has 31 heavy (non-hydrogen) atoms. The van der Waals surface area contributed by atoms with E-state index in [1.54, 1.807) is 24.3 Å². The van der Waals surface area contributed by atoms with Crippen LogP contribution in [-0.4, -0.2) is 43.6 Å². The third kappa shape index (κ3) is 3.58. The average Bonchev–Trinajstić information content (AvgIpc) is 3.39. The molecule has 0 saturated heterocycles. The van der Waals surface area contributed by atoms with Gasteiger partial charge < -0.3 is 10.6 Å². The lowest BCUT2D eigenvalue weighted by Gasteiger charge is -2.12. The summed E-state index contributed by atoms with van der Waals surface area (Å²) in [5.41, 5.74) is 4.62. The smallest absolute Gasteiger partial charge is 0.253 e. The molecule has 0 aromatic carbocycles. The zero-order valence-corrected chi connectivity index (χ0v) is 17.2. The van der Waals surface area contributed by atoms with Crippen LogP contribution >= 0.6 is 0 Å². The van der Waals surface area contributed by atoms with Gasteiger partial charge in [0, 0.05) is 50.0 Å². The number of nitrogens with zero attached hydrogens (tertiary/aromatic N) is 5. The van der Waals surface area contributed by atoms with Gasteiger partial charge in [-0.05, 0) is 42.2 Å². The Morgan fingerprint density at radius 2 is 2.03 bits per heavy atom. The minimum Gasteiger partial charge on any atom is -0.355 e. The quantitative estimate of drug-likeness (QED) is 0.659. The van der Waals surface area contributed by atoms with Crippen molar-refractivity contribution in [3.05, 3.63) is 53.2 Å². The summed E-state index contributed by atoms with van der Waals surface area (Å²) < 4.78 is 1.65. The molecule has 0 unspecified atom stereocenters. The molecule has 1 fully saturated rings. The zero-order valence-electron chi connectivity index (χ0n) is 17.2. The van der Waals surface area contributed by atoms with Crippen molar-refractivity contribution in [3.63, 3.8) is 0 Å². The first kappa shape index (κ1) is 19.1. The van der Waals surface area contributed by atoms with Crippen LogP contribution in [0.1, 0.15) is 40.0 Å². The zero-order chi connectivity index (χ0) is 21.5. The summed E-state index contributed by atoms with van der Waals surface area (Å²) in [6, 6.07) is 3.79. The highest BCUT2D eigenvalue weighted by molar-refractivity contribution is 6.04. The molecule has 3 heterocycles. The summed E-state index contributed by atoms with van der Waals surface area (Å²) in [5.74, 6) is 0.952. The minimum atomic E-state index is -0.222. The normalized spacial score (nSPS) is 14.7. The van der Waals surface area contributed by atoms with Crippen LogP contribution < -0.4 is 10.6 Å². The number of aromatic nitrogens is 5. The Hall–Kier alpha value is -3.88. The number of carbonyl (C=O) groups is 2. The predicted octanol–water partition coefficient (Wildman–Crippen LogP) is 2.08. The van der Waals surface area contributed by atoms with Gasteiger partial charge in [-0.15, -0.1) is 0 Å². The number of allylic oxidation sites excluding steroid dienone is 1. The molecule has 2 amide bonds. The molecule has 9 heteroatoms. The van der Waals surface area contributed by atoms with Gasteiger partial charge in [0.1, 0.15) is 12.1 Å². The van der Waals surface area contributed by atoms with E-state index in [1.807, 2.05) is 25.3 Å². The fourth-order valence-electron chi connectivity index (χ4n) is 3.70. The predicted molar refractivity (Wildman–Crippen MR) is 115 cm³/mol. The van der Waals surface area contributed by atoms with E-state index in [0.29, 0.717) is 23.6 Å². The number of aryl methyl sites for hydroxylation is 1. The van der Waals surface area contributed by atoms with Gasteiger partial charge in [-0.1, -0.05) is 0 Å². The van der Waals surface area contributed by atoms with E-state index in [4.69, 9.17) is 0 Å². The molecule has 2 aliphatic rings. The topological polar surface area (TPSA) is 115 Å². The Kier molecular flexibility index (Phi) is 4.58. The molecule has 0 atom stereocenters. The van der Waals surface area contributed by atoms with Crippen molar-refractivity contribution >= 4 is 29.3 Å². The van der Waals surface area contributed by atoms with Crippen LogP contribution in [0.2, 0.25) is 0 Å². The monoisotopic (exact) mass is 415 g/mol. The van der Waals surface area contributed by atoms with Crippen LogP contribution in [0.25, 0.3) is 23.0 Å². The number of hydrogen-bond acceptors (Lipinski definition) is 6. The molecule has 2 aliphatic carbocycles. The maximum Gasteiger partial charge on any atom is 0.253 e. The van der Waals surface area contributed by atoms with Crippen molar-refractivity contribution in [1.82, 2.24) is 30.0 Å². The molecule has 156 valence electrons. The third-order valence-electron chi connectivity index (χ3n) is 5.52. The van der Waals surface area contributed by atoms with Crippen molar-refractivity contribution < 1.29 is 9.59 Å². The van der Waals surface area contributed by atoms with E-state index in [-0.39, 0.29) is 17.7 Å². The van der Waals surface area contributed by atoms with Crippen molar-refractivity contribution in [1.29, 1.82) is 0 Å². The standard InChI is InChI=1S/C22H21N7O2/c1-23-22(31)17-10-25-20(27-21(30)12-3-4-12)16-8-14(7-15(16)17)18-9-13(5-6-24-18)19-26-11-29(2)28-19/h5-7,9-12H,3-4,8H2,1-2H3,(H,23,31)(H,25,27,30). The fraction of sp³-hybridized carbons (Fsp3) is 0.273. The van der Waals surface area contributed by atoms with E-state index < -0.39 is 0 Å². The molecule has 0 bridgehead atoms. The molecular formula is C22H21N7O2. The number of carbonyl (C=O) groups excluding carboxylic acids is 2. The third-order valence-corrected chi connectivity index (χ3v) is 5.52. The second-order valence-corrected chi connectivity index (χ2v) is 7.77. The van der Waals surface area contributed by atoms with E-state index in [2.05, 4.69) is 30.7 Å². The van der Waals surface area contributed by atoms with Crippen molar-refractivity contribution in [2.24, 2.45) is 13.0 Å². The summed E-state index contributed by atoms with van der Waals surface area (Å²) >= 11 is 0. The molecule has 2 N–H and O–H groups in total. The molecule has 3 aromatic heterocycles. The first-order valence-electron chi connectivity index (χ1n) is 10.1. The largest absolute Gasteiger partial charge is 0.355 e. The van der Waals surface area contributed by atoms with Gasteiger partial charge in [0.15, 0.2) is 5.82 Å². The second-order valence-electron chi connectivity index (χ2n) is 7.77. The highest BCUT2D eigenvalue weighted by atomic mass is 16.2. The number of anilines is 1. The molecule has 0 radical (unpaired) electrons. The van der Waals surface area contributed by atoms with Gasteiger partial charge in [-0.3, -0.25) is 19.3 Å². The minimum absolute atomic E-state index is 0.0165. The molecule has 3 aromatic rings. The number of fused-ring (bicyclic) bond motifs is 1. The summed E-state index contributed by atoms with van der Waals surface area (Å²) in [5, 5.41) is 9.95. The Morgan fingerprint density at radius 3 is 2.74 bits per heavy atom. The molecule has 5 rings (SSSR count). The number of pyridine rings is 2. The maximum atomic E-state index is 12.4. The lowest BCUT2D eigenvalue weighted by Crippen LogP contribution is -2.21. The first-order valence-corrected chi connectivity index (χ1v) is 10.1. The number of hydrogen-bond donors (Lipinski definition) is 2. The van der Waals surface area contributed by atoms with Crippen LogP contribution in [0.4, 0.5) is 5.82 Å². The lowest BCUT2D eigenvalue weighted by molar-refractivity contribution is -0.117. The van der Waals surface area contributed by atoms with Gasteiger partial charge in [0.2, 0.25) is 5.91 Å². The summed E-state index contributed by atoms with van der Waals surface area (Å²) in [6.45, 7) is 0. The Labute approximate surface area is 178 Å². The molecule has 9 nitrogen and oxygen atoms in total. The van der Waals surface area contributed by atoms with Crippen LogP contribution in [0.3, 0.4) is 0 Å². The van der Waals surface area contributed by atoms with Gasteiger partial charge in [-0.25, -0.2) is 9.97 Å². The molecule has 1 saturated carbocycles.